The first-order valence-electron chi connectivity index (χ1n) is 12.7. The number of hydrogen-bond acceptors (Lipinski definition) is 4. The number of amides is 1. The molecule has 182 valence electrons. The Balaban J connectivity index is 1.23. The van der Waals surface area contributed by atoms with Crippen LogP contribution in [0.25, 0.3) is 16.7 Å². The Labute approximate surface area is 211 Å². The summed E-state index contributed by atoms with van der Waals surface area (Å²) in [5.74, 6) is -0.292. The first kappa shape index (κ1) is 22.6. The lowest BCUT2D eigenvalue weighted by Crippen LogP contribution is -2.52. The van der Waals surface area contributed by atoms with Gasteiger partial charge >= 0.3 is 12.1 Å². The van der Waals surface area contributed by atoms with Crippen LogP contribution in [0.5, 0.6) is 0 Å². The maximum absolute atomic E-state index is 13.5. The second-order valence-corrected chi connectivity index (χ2v) is 9.80. The van der Waals surface area contributed by atoms with E-state index in [0.717, 1.165) is 30.4 Å². The Kier molecular flexibility index (Phi) is 5.84. The van der Waals surface area contributed by atoms with E-state index in [4.69, 9.17) is 9.47 Å². The Morgan fingerprint density at radius 1 is 0.861 bits per heavy atom. The van der Waals surface area contributed by atoms with Crippen molar-refractivity contribution in [2.75, 3.05) is 13.7 Å². The van der Waals surface area contributed by atoms with Crippen LogP contribution in [0.4, 0.5) is 4.79 Å². The van der Waals surface area contributed by atoms with Crippen molar-refractivity contribution in [1.29, 1.82) is 0 Å². The quantitative estimate of drug-likeness (QED) is 0.405. The third kappa shape index (κ3) is 3.79. The SMILES string of the molecule is COC(=O)c1ccccc1C1=CC2CCCC(C1)N2C(=O)OCC1c2ccccc2-c2ccccc21. The summed E-state index contributed by atoms with van der Waals surface area (Å²) in [5, 5.41) is 0. The van der Waals surface area contributed by atoms with Gasteiger partial charge in [-0.05, 0) is 65.1 Å². The molecule has 0 spiro atoms. The van der Waals surface area contributed by atoms with E-state index in [1.165, 1.54) is 29.4 Å². The van der Waals surface area contributed by atoms with Crippen molar-refractivity contribution in [3.05, 3.63) is 101 Å². The highest BCUT2D eigenvalue weighted by Crippen LogP contribution is 2.45. The third-order valence-corrected chi connectivity index (χ3v) is 7.86. The summed E-state index contributed by atoms with van der Waals surface area (Å²) in [7, 11) is 1.40. The number of piperidine rings is 1. The number of methoxy groups -OCH3 is 1. The van der Waals surface area contributed by atoms with Crippen molar-refractivity contribution >= 4 is 17.6 Å². The molecule has 36 heavy (non-hydrogen) atoms. The topological polar surface area (TPSA) is 55.8 Å². The van der Waals surface area contributed by atoms with Gasteiger partial charge in [-0.1, -0.05) is 72.8 Å². The molecule has 5 heteroatoms. The molecule has 0 N–H and O–H groups in total. The van der Waals surface area contributed by atoms with E-state index in [1.807, 2.05) is 35.2 Å². The molecule has 1 fully saturated rings. The van der Waals surface area contributed by atoms with Gasteiger partial charge in [0.05, 0.1) is 18.7 Å². The molecule has 1 aliphatic carbocycles. The van der Waals surface area contributed by atoms with Gasteiger partial charge in [-0.15, -0.1) is 0 Å². The fourth-order valence-electron chi connectivity index (χ4n) is 6.23. The molecular formula is C31H29NO4. The molecular weight excluding hydrogens is 450 g/mol. The van der Waals surface area contributed by atoms with Crippen LogP contribution in [-0.2, 0) is 9.47 Å². The lowest BCUT2D eigenvalue weighted by atomic mass is 9.82. The summed E-state index contributed by atoms with van der Waals surface area (Å²) < 4.78 is 11.0. The minimum absolute atomic E-state index is 0.0335. The van der Waals surface area contributed by atoms with Crippen molar-refractivity contribution in [1.82, 2.24) is 4.90 Å². The number of esters is 1. The second-order valence-electron chi connectivity index (χ2n) is 9.80. The molecule has 0 saturated carbocycles. The van der Waals surface area contributed by atoms with Gasteiger partial charge in [0.15, 0.2) is 0 Å². The molecule has 2 unspecified atom stereocenters. The molecule has 3 aromatic carbocycles. The van der Waals surface area contributed by atoms with Crippen LogP contribution < -0.4 is 0 Å². The summed E-state index contributed by atoms with van der Waals surface area (Å²) in [5.41, 5.74) is 7.45. The number of nitrogens with zero attached hydrogens (tertiary/aromatic N) is 1. The van der Waals surface area contributed by atoms with Gasteiger partial charge in [0.1, 0.15) is 6.61 Å². The molecule has 2 atom stereocenters. The first-order valence-corrected chi connectivity index (χ1v) is 12.7. The Hall–Kier alpha value is -3.86. The average Bonchev–Trinajstić information content (AvgIpc) is 3.24. The van der Waals surface area contributed by atoms with Gasteiger partial charge in [0.25, 0.3) is 0 Å². The highest BCUT2D eigenvalue weighted by molar-refractivity contribution is 5.95. The number of rotatable bonds is 4. The number of ether oxygens (including phenoxy) is 2. The summed E-state index contributed by atoms with van der Waals surface area (Å²) >= 11 is 0. The van der Waals surface area contributed by atoms with E-state index >= 15 is 0 Å². The Bertz CT molecular complexity index is 1310. The van der Waals surface area contributed by atoms with Crippen molar-refractivity contribution in [3.63, 3.8) is 0 Å². The van der Waals surface area contributed by atoms with E-state index in [-0.39, 0.29) is 30.1 Å². The lowest BCUT2D eigenvalue weighted by molar-refractivity contribution is 0.0535. The maximum Gasteiger partial charge on any atom is 0.410 e. The van der Waals surface area contributed by atoms with Crippen molar-refractivity contribution in [2.24, 2.45) is 0 Å². The molecule has 6 rings (SSSR count). The largest absolute Gasteiger partial charge is 0.465 e. The van der Waals surface area contributed by atoms with Crippen molar-refractivity contribution < 1.29 is 19.1 Å². The van der Waals surface area contributed by atoms with E-state index in [1.54, 1.807) is 6.07 Å². The highest BCUT2D eigenvalue weighted by atomic mass is 16.6. The second kappa shape index (κ2) is 9.30. The Morgan fingerprint density at radius 2 is 1.50 bits per heavy atom. The lowest BCUT2D eigenvalue weighted by Gasteiger charge is -2.44. The molecule has 3 aliphatic rings. The summed E-state index contributed by atoms with van der Waals surface area (Å²) in [4.78, 5) is 27.7. The smallest absolute Gasteiger partial charge is 0.410 e. The van der Waals surface area contributed by atoms with Crippen LogP contribution in [0.2, 0.25) is 0 Å². The molecule has 0 radical (unpaired) electrons. The fourth-order valence-corrected chi connectivity index (χ4v) is 6.23. The number of hydrogen-bond donors (Lipinski definition) is 0. The normalized spacial score (nSPS) is 20.2. The average molecular weight is 480 g/mol. The highest BCUT2D eigenvalue weighted by Gasteiger charge is 2.39. The van der Waals surface area contributed by atoms with E-state index in [0.29, 0.717) is 18.6 Å². The molecule has 2 heterocycles. The molecule has 1 amide bonds. The van der Waals surface area contributed by atoms with E-state index < -0.39 is 0 Å². The van der Waals surface area contributed by atoms with Gasteiger partial charge < -0.3 is 9.47 Å². The van der Waals surface area contributed by atoms with Gasteiger partial charge in [-0.25, -0.2) is 9.59 Å². The number of carbonyl (C=O) groups excluding carboxylic acids is 2. The standard InChI is InChI=1S/C31H29NO4/c1-35-30(33)28-16-7-2-11-23(28)20-17-21-9-8-10-22(18-20)32(21)31(34)36-19-29-26-14-5-3-12-24(26)25-13-4-6-15-27(25)29/h2-7,11-17,21-22,29H,8-10,18-19H2,1H3. The molecule has 2 aliphatic heterocycles. The molecule has 0 aromatic heterocycles. The predicted octanol–water partition coefficient (Wildman–Crippen LogP) is 6.43. The van der Waals surface area contributed by atoms with Crippen LogP contribution in [-0.4, -0.2) is 42.8 Å². The fraction of sp³-hybridized carbons (Fsp3) is 0.290. The minimum atomic E-state index is -0.337. The number of benzene rings is 3. The monoisotopic (exact) mass is 479 g/mol. The van der Waals surface area contributed by atoms with Crippen LogP contribution in [0.15, 0.2) is 78.9 Å². The zero-order valence-electron chi connectivity index (χ0n) is 20.4. The zero-order chi connectivity index (χ0) is 24.6. The van der Waals surface area contributed by atoms with Crippen LogP contribution >= 0.6 is 0 Å². The molecule has 5 nitrogen and oxygen atoms in total. The zero-order valence-corrected chi connectivity index (χ0v) is 20.4. The third-order valence-electron chi connectivity index (χ3n) is 7.86. The van der Waals surface area contributed by atoms with Gasteiger partial charge in [-0.2, -0.15) is 0 Å². The van der Waals surface area contributed by atoms with Crippen LogP contribution in [0.1, 0.15) is 58.6 Å². The summed E-state index contributed by atoms with van der Waals surface area (Å²) in [6.07, 6.45) is 5.50. The van der Waals surface area contributed by atoms with Crippen LogP contribution in [0, 0.1) is 0 Å². The van der Waals surface area contributed by atoms with E-state index in [2.05, 4.69) is 42.5 Å². The summed E-state index contributed by atoms with van der Waals surface area (Å²) in [6.45, 7) is 0.324. The predicted molar refractivity (Wildman–Crippen MR) is 139 cm³/mol. The number of fused-ring (bicyclic) bond motifs is 5. The Morgan fingerprint density at radius 3 is 2.17 bits per heavy atom. The maximum atomic E-state index is 13.5. The van der Waals surface area contributed by atoms with Gasteiger partial charge in [-0.3, -0.25) is 4.90 Å². The van der Waals surface area contributed by atoms with Crippen molar-refractivity contribution in [2.45, 2.75) is 43.7 Å². The first-order chi connectivity index (χ1) is 17.7. The van der Waals surface area contributed by atoms with Crippen LogP contribution in [0.3, 0.4) is 0 Å². The minimum Gasteiger partial charge on any atom is -0.465 e. The van der Waals surface area contributed by atoms with Gasteiger partial charge in [0.2, 0.25) is 0 Å². The van der Waals surface area contributed by atoms with E-state index in [9.17, 15) is 9.59 Å². The molecule has 3 aromatic rings. The summed E-state index contributed by atoms with van der Waals surface area (Å²) in [6, 6.07) is 24.4. The molecule has 2 bridgehead atoms. The van der Waals surface area contributed by atoms with Crippen molar-refractivity contribution in [3.8, 4) is 11.1 Å². The number of carbonyl (C=O) groups is 2. The molecule has 1 saturated heterocycles. The van der Waals surface area contributed by atoms with Gasteiger partial charge in [0, 0.05) is 12.0 Å².